The molecule has 0 radical (unpaired) electrons. The summed E-state index contributed by atoms with van der Waals surface area (Å²) in [4.78, 5) is 2.54. The summed E-state index contributed by atoms with van der Waals surface area (Å²) in [7, 11) is 0. The zero-order valence-electron chi connectivity index (χ0n) is 12.6. The first-order chi connectivity index (χ1) is 10.3. The van der Waals surface area contributed by atoms with Crippen LogP contribution in [0.2, 0.25) is 0 Å². The Morgan fingerprint density at radius 3 is 2.73 bits per heavy atom. The van der Waals surface area contributed by atoms with Gasteiger partial charge in [0, 0.05) is 37.4 Å². The zero-order chi connectivity index (χ0) is 14.2. The van der Waals surface area contributed by atoms with Crippen LogP contribution in [0.3, 0.4) is 0 Å². The summed E-state index contributed by atoms with van der Waals surface area (Å²) in [5, 5.41) is 4.48. The maximum atomic E-state index is 6.21. The number of halogens is 1. The Morgan fingerprint density at radius 1 is 1.14 bits per heavy atom. The number of para-hydroxylation sites is 1. The van der Waals surface area contributed by atoms with E-state index in [1.165, 1.54) is 24.9 Å². The van der Waals surface area contributed by atoms with E-state index in [0.29, 0.717) is 12.0 Å². The van der Waals surface area contributed by atoms with Crippen LogP contribution in [0.1, 0.15) is 18.4 Å². The van der Waals surface area contributed by atoms with Crippen LogP contribution < -0.4 is 5.73 Å². The molecule has 0 spiro atoms. The van der Waals surface area contributed by atoms with E-state index in [4.69, 9.17) is 5.73 Å². The maximum Gasteiger partial charge on any atom is 0.0645 e. The minimum atomic E-state index is 0. The SMILES string of the molecule is Cl.NC1CCC2CN(Cc3cnn(-c4ccccc4)c3)CC12. The minimum Gasteiger partial charge on any atom is -0.327 e. The van der Waals surface area contributed by atoms with Gasteiger partial charge in [0.2, 0.25) is 0 Å². The molecule has 5 heteroatoms. The van der Waals surface area contributed by atoms with Gasteiger partial charge in [-0.15, -0.1) is 12.4 Å². The van der Waals surface area contributed by atoms with Crippen molar-refractivity contribution in [3.05, 3.63) is 48.3 Å². The topological polar surface area (TPSA) is 47.1 Å². The highest BCUT2D eigenvalue weighted by atomic mass is 35.5. The van der Waals surface area contributed by atoms with Gasteiger partial charge in [-0.1, -0.05) is 18.2 Å². The second-order valence-electron chi connectivity index (χ2n) is 6.49. The van der Waals surface area contributed by atoms with Crippen LogP contribution in [-0.2, 0) is 6.54 Å². The molecule has 2 heterocycles. The lowest BCUT2D eigenvalue weighted by Gasteiger charge is -2.17. The number of hydrogen-bond acceptors (Lipinski definition) is 3. The second kappa shape index (κ2) is 6.41. The molecule has 3 unspecified atom stereocenters. The Labute approximate surface area is 137 Å². The first-order valence-corrected chi connectivity index (χ1v) is 7.86. The third kappa shape index (κ3) is 2.91. The van der Waals surface area contributed by atoms with Gasteiger partial charge in [0.1, 0.15) is 0 Å². The maximum absolute atomic E-state index is 6.21. The molecule has 1 saturated carbocycles. The number of aromatic nitrogens is 2. The Hall–Kier alpha value is -1.36. The van der Waals surface area contributed by atoms with Crippen LogP contribution >= 0.6 is 12.4 Å². The molecule has 3 atom stereocenters. The minimum absolute atomic E-state index is 0. The fraction of sp³-hybridized carbons (Fsp3) is 0.471. The van der Waals surface area contributed by atoms with Crippen molar-refractivity contribution >= 4 is 12.4 Å². The van der Waals surface area contributed by atoms with Crippen molar-refractivity contribution in [2.24, 2.45) is 17.6 Å². The van der Waals surface area contributed by atoms with Gasteiger partial charge in [0.15, 0.2) is 0 Å². The summed E-state index contributed by atoms with van der Waals surface area (Å²) in [6, 6.07) is 10.7. The van der Waals surface area contributed by atoms with E-state index in [0.717, 1.165) is 24.7 Å². The average molecular weight is 319 g/mol. The summed E-state index contributed by atoms with van der Waals surface area (Å²) in [5.74, 6) is 1.54. The molecule has 4 nitrogen and oxygen atoms in total. The Morgan fingerprint density at radius 2 is 1.95 bits per heavy atom. The van der Waals surface area contributed by atoms with Crippen LogP contribution in [0, 0.1) is 11.8 Å². The number of rotatable bonds is 3. The standard InChI is InChI=1S/C17H22N4.ClH/c18-17-7-6-14-11-20(12-16(14)17)9-13-8-19-21(10-13)15-4-2-1-3-5-15;/h1-5,8,10,14,16-17H,6-7,9,11-12,18H2;1H. The van der Waals surface area contributed by atoms with Crippen molar-refractivity contribution < 1.29 is 0 Å². The van der Waals surface area contributed by atoms with Gasteiger partial charge in [-0.2, -0.15) is 5.10 Å². The number of fused-ring (bicyclic) bond motifs is 1. The molecule has 4 rings (SSSR count). The fourth-order valence-corrected chi connectivity index (χ4v) is 3.95. The molecule has 1 aromatic carbocycles. The highest BCUT2D eigenvalue weighted by Crippen LogP contribution is 2.37. The molecule has 1 saturated heterocycles. The third-order valence-electron chi connectivity index (χ3n) is 5.05. The largest absolute Gasteiger partial charge is 0.327 e. The van der Waals surface area contributed by atoms with Crippen LogP contribution in [0.4, 0.5) is 0 Å². The van der Waals surface area contributed by atoms with Crippen LogP contribution in [-0.4, -0.2) is 33.8 Å². The Kier molecular flexibility index (Phi) is 4.52. The van der Waals surface area contributed by atoms with Crippen molar-refractivity contribution in [1.82, 2.24) is 14.7 Å². The smallest absolute Gasteiger partial charge is 0.0645 e. The summed E-state index contributed by atoms with van der Waals surface area (Å²) < 4.78 is 1.96. The molecule has 2 fully saturated rings. The number of benzene rings is 1. The van der Waals surface area contributed by atoms with Crippen molar-refractivity contribution in [3.63, 3.8) is 0 Å². The predicted molar refractivity (Wildman–Crippen MR) is 90.3 cm³/mol. The molecular weight excluding hydrogens is 296 g/mol. The average Bonchev–Trinajstić information content (AvgIpc) is 3.19. The number of nitrogens with two attached hydrogens (primary N) is 1. The summed E-state index contributed by atoms with van der Waals surface area (Å²) in [5.41, 5.74) is 8.61. The summed E-state index contributed by atoms with van der Waals surface area (Å²) in [6.07, 6.45) is 6.66. The van der Waals surface area contributed by atoms with Crippen molar-refractivity contribution in [2.45, 2.75) is 25.4 Å². The third-order valence-corrected chi connectivity index (χ3v) is 5.05. The van der Waals surface area contributed by atoms with Gasteiger partial charge in [0.05, 0.1) is 11.9 Å². The second-order valence-corrected chi connectivity index (χ2v) is 6.49. The molecule has 1 aliphatic heterocycles. The van der Waals surface area contributed by atoms with Gasteiger partial charge < -0.3 is 5.73 Å². The van der Waals surface area contributed by atoms with E-state index in [9.17, 15) is 0 Å². The number of likely N-dealkylation sites (tertiary alicyclic amines) is 1. The van der Waals surface area contributed by atoms with Crippen LogP contribution in [0.15, 0.2) is 42.7 Å². The summed E-state index contributed by atoms with van der Waals surface area (Å²) in [6.45, 7) is 3.35. The van der Waals surface area contributed by atoms with Gasteiger partial charge in [-0.25, -0.2) is 4.68 Å². The van der Waals surface area contributed by atoms with E-state index in [2.05, 4.69) is 28.3 Å². The molecule has 2 aliphatic rings. The first-order valence-electron chi connectivity index (χ1n) is 7.86. The molecule has 0 amide bonds. The molecule has 2 aromatic rings. The monoisotopic (exact) mass is 318 g/mol. The van der Waals surface area contributed by atoms with E-state index >= 15 is 0 Å². The van der Waals surface area contributed by atoms with Gasteiger partial charge >= 0.3 is 0 Å². The fourth-order valence-electron chi connectivity index (χ4n) is 3.95. The molecule has 0 bridgehead atoms. The molecule has 1 aliphatic carbocycles. The highest BCUT2D eigenvalue weighted by molar-refractivity contribution is 5.85. The number of nitrogens with zero attached hydrogens (tertiary/aromatic N) is 3. The van der Waals surface area contributed by atoms with Crippen molar-refractivity contribution in [3.8, 4) is 5.69 Å². The van der Waals surface area contributed by atoms with Crippen LogP contribution in [0.25, 0.3) is 5.69 Å². The quantitative estimate of drug-likeness (QED) is 0.945. The normalized spacial score (nSPS) is 27.6. The lowest BCUT2D eigenvalue weighted by molar-refractivity contribution is 0.298. The lowest BCUT2D eigenvalue weighted by atomic mass is 9.98. The summed E-state index contributed by atoms with van der Waals surface area (Å²) >= 11 is 0. The predicted octanol–water partition coefficient (Wildman–Crippen LogP) is 2.46. The number of hydrogen-bond donors (Lipinski definition) is 1. The van der Waals surface area contributed by atoms with E-state index in [1.807, 2.05) is 29.1 Å². The molecule has 118 valence electrons. The molecule has 1 aromatic heterocycles. The highest BCUT2D eigenvalue weighted by Gasteiger charge is 2.40. The molecule has 22 heavy (non-hydrogen) atoms. The van der Waals surface area contributed by atoms with Crippen molar-refractivity contribution in [1.29, 1.82) is 0 Å². The van der Waals surface area contributed by atoms with Gasteiger partial charge in [0.25, 0.3) is 0 Å². The van der Waals surface area contributed by atoms with E-state index in [-0.39, 0.29) is 12.4 Å². The lowest BCUT2D eigenvalue weighted by Crippen LogP contribution is -2.30. The molecule has 2 N–H and O–H groups in total. The zero-order valence-corrected chi connectivity index (χ0v) is 13.5. The Balaban J connectivity index is 0.00000144. The first kappa shape index (κ1) is 15.5. The Bertz CT molecular complexity index is 612. The van der Waals surface area contributed by atoms with Crippen molar-refractivity contribution in [2.75, 3.05) is 13.1 Å². The van der Waals surface area contributed by atoms with E-state index < -0.39 is 0 Å². The van der Waals surface area contributed by atoms with Crippen LogP contribution in [0.5, 0.6) is 0 Å². The van der Waals surface area contributed by atoms with Gasteiger partial charge in [-0.05, 0) is 36.8 Å². The van der Waals surface area contributed by atoms with Gasteiger partial charge in [-0.3, -0.25) is 4.90 Å². The molecular formula is C17H23ClN4. The van der Waals surface area contributed by atoms with E-state index in [1.54, 1.807) is 0 Å².